The Hall–Kier alpha value is -2.24. The van der Waals surface area contributed by atoms with Crippen LogP contribution in [0.2, 0.25) is 0 Å². The van der Waals surface area contributed by atoms with Gasteiger partial charge in [0.2, 0.25) is 0 Å². The molecular weight excluding hydrogens is 284 g/mol. The monoisotopic (exact) mass is 304 g/mol. The molecule has 1 heterocycles. The summed E-state index contributed by atoms with van der Waals surface area (Å²) in [6, 6.07) is 7.07. The normalized spacial score (nSPS) is 20.7. The number of urea groups is 1. The summed E-state index contributed by atoms with van der Waals surface area (Å²) >= 11 is 0. The standard InChI is InChI=1S/C16H20N2O4/c19-15(20)12-7-8-18(9-12)16(21)17-13-3-1-2-4-14(13)22-10-11-5-6-11/h1-4,11-12H,5-10H2,(H,17,21)(H,19,20). The fourth-order valence-corrected chi connectivity index (χ4v) is 2.53. The topological polar surface area (TPSA) is 78.9 Å². The van der Waals surface area contributed by atoms with Crippen molar-refractivity contribution >= 4 is 17.7 Å². The van der Waals surface area contributed by atoms with E-state index in [1.165, 1.54) is 17.7 Å². The third kappa shape index (κ3) is 3.50. The number of likely N-dealkylation sites (tertiary alicyclic amines) is 1. The molecule has 1 aliphatic carbocycles. The first-order chi connectivity index (χ1) is 10.6. The van der Waals surface area contributed by atoms with Gasteiger partial charge in [0.15, 0.2) is 0 Å². The minimum atomic E-state index is -0.844. The van der Waals surface area contributed by atoms with Gasteiger partial charge in [0.05, 0.1) is 18.2 Å². The molecule has 2 fully saturated rings. The van der Waals surface area contributed by atoms with E-state index in [2.05, 4.69) is 5.32 Å². The molecule has 3 rings (SSSR count). The number of ether oxygens (including phenoxy) is 1. The van der Waals surface area contributed by atoms with Crippen LogP contribution < -0.4 is 10.1 Å². The average molecular weight is 304 g/mol. The van der Waals surface area contributed by atoms with E-state index in [1.807, 2.05) is 18.2 Å². The number of amides is 2. The molecule has 0 bridgehead atoms. The molecule has 0 aromatic heterocycles. The molecule has 2 N–H and O–H groups in total. The summed E-state index contributed by atoms with van der Waals surface area (Å²) in [6.07, 6.45) is 2.92. The maximum Gasteiger partial charge on any atom is 0.321 e. The number of nitrogens with one attached hydrogen (secondary N) is 1. The number of rotatable bonds is 5. The second-order valence-electron chi connectivity index (χ2n) is 5.95. The minimum Gasteiger partial charge on any atom is -0.491 e. The number of carboxylic acid groups (broad SMARTS) is 1. The smallest absolute Gasteiger partial charge is 0.321 e. The first-order valence-corrected chi connectivity index (χ1v) is 7.64. The maximum absolute atomic E-state index is 12.3. The second-order valence-corrected chi connectivity index (χ2v) is 5.95. The largest absolute Gasteiger partial charge is 0.491 e. The predicted molar refractivity (Wildman–Crippen MR) is 81.0 cm³/mol. The number of carbonyl (C=O) groups excluding carboxylic acids is 1. The zero-order chi connectivity index (χ0) is 15.5. The predicted octanol–water partition coefficient (Wildman–Crippen LogP) is 2.41. The lowest BCUT2D eigenvalue weighted by atomic mass is 10.1. The van der Waals surface area contributed by atoms with Crippen molar-refractivity contribution in [3.8, 4) is 5.75 Å². The summed E-state index contributed by atoms with van der Waals surface area (Å²) in [5, 5.41) is 11.8. The van der Waals surface area contributed by atoms with Crippen LogP contribution in [0.15, 0.2) is 24.3 Å². The van der Waals surface area contributed by atoms with Gasteiger partial charge >= 0.3 is 12.0 Å². The van der Waals surface area contributed by atoms with Crippen molar-refractivity contribution in [3.05, 3.63) is 24.3 Å². The van der Waals surface area contributed by atoms with Gasteiger partial charge in [0.25, 0.3) is 0 Å². The summed E-state index contributed by atoms with van der Waals surface area (Å²) in [6.45, 7) is 1.40. The molecule has 6 nitrogen and oxygen atoms in total. The molecule has 1 saturated heterocycles. The van der Waals surface area contributed by atoms with E-state index in [0.717, 1.165) is 0 Å². The number of aliphatic carboxylic acids is 1. The van der Waals surface area contributed by atoms with Crippen LogP contribution in [-0.4, -0.2) is 41.7 Å². The SMILES string of the molecule is O=C(O)C1CCN(C(=O)Nc2ccccc2OCC2CC2)C1. The van der Waals surface area contributed by atoms with E-state index >= 15 is 0 Å². The van der Waals surface area contributed by atoms with E-state index < -0.39 is 11.9 Å². The average Bonchev–Trinajstić information content (AvgIpc) is 3.19. The number of nitrogens with zero attached hydrogens (tertiary/aromatic N) is 1. The number of anilines is 1. The van der Waals surface area contributed by atoms with E-state index in [-0.39, 0.29) is 12.6 Å². The Bertz CT molecular complexity index is 571. The molecule has 22 heavy (non-hydrogen) atoms. The first-order valence-electron chi connectivity index (χ1n) is 7.64. The fourth-order valence-electron chi connectivity index (χ4n) is 2.53. The number of carboxylic acids is 1. The molecule has 6 heteroatoms. The van der Waals surface area contributed by atoms with Gasteiger partial charge in [-0.25, -0.2) is 4.79 Å². The lowest BCUT2D eigenvalue weighted by Gasteiger charge is -2.18. The number of carbonyl (C=O) groups is 2. The highest BCUT2D eigenvalue weighted by Crippen LogP contribution is 2.32. The third-order valence-electron chi connectivity index (χ3n) is 4.12. The lowest BCUT2D eigenvalue weighted by molar-refractivity contribution is -0.141. The number of benzene rings is 1. The molecule has 0 spiro atoms. The quantitative estimate of drug-likeness (QED) is 0.875. The second kappa shape index (κ2) is 6.25. The Balaban J connectivity index is 1.60. The summed E-state index contributed by atoms with van der Waals surface area (Å²) in [7, 11) is 0. The van der Waals surface area contributed by atoms with Gasteiger partial charge in [-0.3, -0.25) is 4.79 Å². The van der Waals surface area contributed by atoms with Gasteiger partial charge in [0.1, 0.15) is 5.75 Å². The molecule has 1 aliphatic heterocycles. The molecule has 1 atom stereocenters. The summed E-state index contributed by atoms with van der Waals surface area (Å²) in [5.41, 5.74) is 0.631. The Morgan fingerprint density at radius 3 is 2.73 bits per heavy atom. The minimum absolute atomic E-state index is 0.256. The highest BCUT2D eigenvalue weighted by Gasteiger charge is 2.31. The van der Waals surface area contributed by atoms with Crippen molar-refractivity contribution in [2.45, 2.75) is 19.3 Å². The Labute approximate surface area is 129 Å². The van der Waals surface area contributed by atoms with Crippen LogP contribution in [0.25, 0.3) is 0 Å². The lowest BCUT2D eigenvalue weighted by Crippen LogP contribution is -2.33. The fraction of sp³-hybridized carbons (Fsp3) is 0.500. The van der Waals surface area contributed by atoms with Gasteiger partial charge in [-0.1, -0.05) is 12.1 Å². The molecule has 118 valence electrons. The van der Waals surface area contributed by atoms with Crippen LogP contribution in [-0.2, 0) is 4.79 Å². The van der Waals surface area contributed by atoms with Crippen LogP contribution in [0.1, 0.15) is 19.3 Å². The van der Waals surface area contributed by atoms with Crippen LogP contribution in [0.5, 0.6) is 5.75 Å². The van der Waals surface area contributed by atoms with E-state index in [9.17, 15) is 9.59 Å². The molecule has 1 aromatic carbocycles. The highest BCUT2D eigenvalue weighted by atomic mass is 16.5. The Morgan fingerprint density at radius 2 is 2.05 bits per heavy atom. The van der Waals surface area contributed by atoms with Gasteiger partial charge in [-0.2, -0.15) is 0 Å². The molecule has 1 saturated carbocycles. The van der Waals surface area contributed by atoms with Gasteiger partial charge < -0.3 is 20.1 Å². The van der Waals surface area contributed by atoms with E-state index in [4.69, 9.17) is 9.84 Å². The number of para-hydroxylation sites is 2. The van der Waals surface area contributed by atoms with Crippen molar-refractivity contribution in [3.63, 3.8) is 0 Å². The molecule has 2 amide bonds. The van der Waals surface area contributed by atoms with Crippen LogP contribution in [0.3, 0.4) is 0 Å². The van der Waals surface area contributed by atoms with Gasteiger partial charge in [-0.15, -0.1) is 0 Å². The van der Waals surface area contributed by atoms with E-state index in [0.29, 0.717) is 36.9 Å². The van der Waals surface area contributed by atoms with Crippen LogP contribution >= 0.6 is 0 Å². The molecule has 2 aliphatic rings. The van der Waals surface area contributed by atoms with Crippen molar-refractivity contribution in [2.24, 2.45) is 11.8 Å². The van der Waals surface area contributed by atoms with Crippen molar-refractivity contribution < 1.29 is 19.4 Å². The highest BCUT2D eigenvalue weighted by molar-refractivity contribution is 5.91. The van der Waals surface area contributed by atoms with Crippen LogP contribution in [0, 0.1) is 11.8 Å². The summed E-state index contributed by atoms with van der Waals surface area (Å²) in [5.74, 6) is -0.00836. The van der Waals surface area contributed by atoms with Gasteiger partial charge in [0, 0.05) is 13.1 Å². The molecular formula is C16H20N2O4. The Kier molecular flexibility index (Phi) is 4.18. The van der Waals surface area contributed by atoms with Crippen molar-refractivity contribution in [1.29, 1.82) is 0 Å². The van der Waals surface area contributed by atoms with Crippen LogP contribution in [0.4, 0.5) is 10.5 Å². The summed E-state index contributed by atoms with van der Waals surface area (Å²) < 4.78 is 5.76. The Morgan fingerprint density at radius 1 is 1.27 bits per heavy atom. The zero-order valence-electron chi connectivity index (χ0n) is 12.3. The molecule has 1 aromatic rings. The first kappa shape index (κ1) is 14.7. The summed E-state index contributed by atoms with van der Waals surface area (Å²) in [4.78, 5) is 24.7. The molecule has 1 unspecified atom stereocenters. The molecule has 0 radical (unpaired) electrons. The third-order valence-corrected chi connectivity index (χ3v) is 4.12. The zero-order valence-corrected chi connectivity index (χ0v) is 12.3. The van der Waals surface area contributed by atoms with E-state index in [1.54, 1.807) is 6.07 Å². The number of hydrogen-bond acceptors (Lipinski definition) is 3. The number of hydrogen-bond donors (Lipinski definition) is 2. The van der Waals surface area contributed by atoms with Crippen molar-refractivity contribution in [2.75, 3.05) is 25.0 Å². The van der Waals surface area contributed by atoms with Gasteiger partial charge in [-0.05, 0) is 37.3 Å². The van der Waals surface area contributed by atoms with Crippen molar-refractivity contribution in [1.82, 2.24) is 4.90 Å². The maximum atomic E-state index is 12.3.